The highest BCUT2D eigenvalue weighted by molar-refractivity contribution is 5.98. The molecule has 0 atom stereocenters. The van der Waals surface area contributed by atoms with E-state index in [1.165, 1.54) is 31.2 Å². The fourth-order valence-corrected chi connectivity index (χ4v) is 2.33. The van der Waals surface area contributed by atoms with Gasteiger partial charge in [0, 0.05) is 0 Å². The van der Waals surface area contributed by atoms with E-state index in [2.05, 4.69) is 0 Å². The topological polar surface area (TPSA) is 149 Å². The van der Waals surface area contributed by atoms with Crippen molar-refractivity contribution in [3.63, 3.8) is 0 Å². The van der Waals surface area contributed by atoms with Crippen LogP contribution in [-0.2, 0) is 32.0 Å². The molecule has 0 amide bonds. The lowest BCUT2D eigenvalue weighted by Gasteiger charge is -2.23. The van der Waals surface area contributed by atoms with Crippen molar-refractivity contribution in [1.29, 1.82) is 0 Å². The summed E-state index contributed by atoms with van der Waals surface area (Å²) in [6.07, 6.45) is -0.545. The van der Waals surface area contributed by atoms with Gasteiger partial charge in [0.2, 0.25) is 0 Å². The molecule has 0 radical (unpaired) electrons. The van der Waals surface area contributed by atoms with Crippen molar-refractivity contribution in [2.75, 3.05) is 0 Å². The van der Waals surface area contributed by atoms with Gasteiger partial charge >= 0.3 is 23.9 Å². The Bertz CT molecular complexity index is 619. The fraction of sp³-hybridized carbons (Fsp3) is 0.375. The first-order valence-corrected chi connectivity index (χ1v) is 7.14. The molecule has 0 saturated heterocycles. The minimum atomic E-state index is -1.94. The molecule has 24 heavy (non-hydrogen) atoms. The molecule has 1 aromatic rings. The summed E-state index contributed by atoms with van der Waals surface area (Å²) in [5.41, 5.74) is -1.04. The number of benzene rings is 1. The molecule has 0 unspecified atom stereocenters. The molecule has 0 spiro atoms. The lowest BCUT2D eigenvalue weighted by molar-refractivity contribution is -0.165. The van der Waals surface area contributed by atoms with Crippen molar-refractivity contribution in [1.82, 2.24) is 0 Å². The molecule has 0 bridgehead atoms. The van der Waals surface area contributed by atoms with Gasteiger partial charge in [0.1, 0.15) is 0 Å². The first-order chi connectivity index (χ1) is 11.1. The van der Waals surface area contributed by atoms with Crippen molar-refractivity contribution in [3.05, 3.63) is 35.4 Å². The highest BCUT2D eigenvalue weighted by atomic mass is 16.4. The summed E-state index contributed by atoms with van der Waals surface area (Å²) in [6, 6.07) is 5.90. The van der Waals surface area contributed by atoms with Gasteiger partial charge in [-0.2, -0.15) is 0 Å². The monoisotopic (exact) mass is 338 g/mol. The largest absolute Gasteiger partial charge is 0.481 e. The Balaban J connectivity index is 2.99. The molecule has 0 aliphatic carbocycles. The smallest absolute Gasteiger partial charge is 0.321 e. The number of carboxylic acids is 4. The van der Waals surface area contributed by atoms with E-state index in [0.717, 1.165) is 0 Å². The van der Waals surface area contributed by atoms with Gasteiger partial charge in [0.25, 0.3) is 0 Å². The van der Waals surface area contributed by atoms with Crippen LogP contribution in [0.3, 0.4) is 0 Å². The van der Waals surface area contributed by atoms with Crippen LogP contribution in [0.25, 0.3) is 0 Å². The van der Waals surface area contributed by atoms with Gasteiger partial charge < -0.3 is 20.4 Å². The average Bonchev–Trinajstić information content (AvgIpc) is 2.50. The number of carboxylic acid groups (broad SMARTS) is 4. The fourth-order valence-electron chi connectivity index (χ4n) is 2.33. The summed E-state index contributed by atoms with van der Waals surface area (Å²) in [6.45, 7) is 1.47. The third-order valence-corrected chi connectivity index (χ3v) is 3.99. The molecular formula is C16H18O8. The van der Waals surface area contributed by atoms with E-state index >= 15 is 0 Å². The summed E-state index contributed by atoms with van der Waals surface area (Å²) in [4.78, 5) is 44.5. The van der Waals surface area contributed by atoms with Crippen LogP contribution in [0.1, 0.15) is 24.5 Å². The lowest BCUT2D eigenvalue weighted by atomic mass is 9.79. The maximum atomic E-state index is 11.3. The number of rotatable bonds is 9. The Morgan fingerprint density at radius 2 is 1.29 bits per heavy atom. The van der Waals surface area contributed by atoms with Crippen LogP contribution in [-0.4, -0.2) is 44.3 Å². The van der Waals surface area contributed by atoms with Crippen LogP contribution in [0.2, 0.25) is 0 Å². The molecule has 0 fully saturated rings. The zero-order valence-electron chi connectivity index (χ0n) is 12.9. The molecule has 8 nitrogen and oxygen atoms in total. The second-order valence-electron chi connectivity index (χ2n) is 5.47. The van der Waals surface area contributed by atoms with E-state index in [1.807, 2.05) is 0 Å². The highest BCUT2D eigenvalue weighted by Crippen LogP contribution is 2.28. The van der Waals surface area contributed by atoms with Gasteiger partial charge in [-0.15, -0.1) is 0 Å². The predicted octanol–water partition coefficient (Wildman–Crippen LogP) is 1.12. The van der Waals surface area contributed by atoms with Gasteiger partial charge in [-0.05, 0) is 30.4 Å². The number of carbonyl (C=O) groups is 4. The molecule has 0 aliphatic heterocycles. The molecule has 0 saturated carbocycles. The van der Waals surface area contributed by atoms with E-state index in [1.54, 1.807) is 0 Å². The Labute approximate surface area is 137 Å². The number of aliphatic carboxylic acids is 4. The van der Waals surface area contributed by atoms with Crippen molar-refractivity contribution in [3.8, 4) is 0 Å². The molecule has 0 heterocycles. The zero-order chi connectivity index (χ0) is 18.5. The number of hydrogen-bond acceptors (Lipinski definition) is 4. The maximum Gasteiger partial charge on any atom is 0.321 e. The van der Waals surface area contributed by atoms with Gasteiger partial charge in [0.15, 0.2) is 11.3 Å². The summed E-state index contributed by atoms with van der Waals surface area (Å²) in [5.74, 6) is -7.35. The average molecular weight is 338 g/mol. The van der Waals surface area contributed by atoms with Crippen LogP contribution in [0.5, 0.6) is 0 Å². The van der Waals surface area contributed by atoms with Crippen LogP contribution >= 0.6 is 0 Å². The van der Waals surface area contributed by atoms with Crippen LogP contribution in [0, 0.1) is 11.3 Å². The van der Waals surface area contributed by atoms with E-state index in [-0.39, 0.29) is 19.3 Å². The molecule has 0 aromatic heterocycles. The Morgan fingerprint density at radius 1 is 0.875 bits per heavy atom. The first kappa shape index (κ1) is 19.1. The Morgan fingerprint density at radius 3 is 1.62 bits per heavy atom. The van der Waals surface area contributed by atoms with Crippen LogP contribution in [0.4, 0.5) is 0 Å². The molecule has 0 aliphatic rings. The quantitative estimate of drug-likeness (QED) is 0.489. The normalized spacial score (nSPS) is 11.2. The molecule has 4 N–H and O–H groups in total. The first-order valence-electron chi connectivity index (χ1n) is 7.14. The van der Waals surface area contributed by atoms with Crippen molar-refractivity contribution >= 4 is 23.9 Å². The van der Waals surface area contributed by atoms with Gasteiger partial charge in [-0.25, -0.2) is 0 Å². The van der Waals surface area contributed by atoms with Gasteiger partial charge in [-0.1, -0.05) is 31.2 Å². The second kappa shape index (κ2) is 7.58. The molecular weight excluding hydrogens is 320 g/mol. The Hall–Kier alpha value is -2.90. The molecule has 8 heteroatoms. The third kappa shape index (κ3) is 4.09. The van der Waals surface area contributed by atoms with E-state index < -0.39 is 35.2 Å². The van der Waals surface area contributed by atoms with Gasteiger partial charge in [0.05, 0.1) is 0 Å². The molecule has 130 valence electrons. The minimum absolute atomic E-state index is 0.0977. The standard InChI is InChI=1S/C16H18O8/c1-2-16(14(21)22,15(23)24)8-10-5-3-9(4-6-10)7-11(12(17)18)13(19)20/h3-6,11H,2,7-8H2,1H3,(H,17,18)(H,19,20)(H,21,22)(H,23,24). The van der Waals surface area contributed by atoms with E-state index in [0.29, 0.717) is 11.1 Å². The Kier molecular flexibility index (Phi) is 6.05. The van der Waals surface area contributed by atoms with Crippen molar-refractivity contribution in [2.45, 2.75) is 26.2 Å². The summed E-state index contributed by atoms with van der Waals surface area (Å²) in [7, 11) is 0. The molecule has 1 rings (SSSR count). The summed E-state index contributed by atoms with van der Waals surface area (Å²) >= 11 is 0. The van der Waals surface area contributed by atoms with Crippen LogP contribution < -0.4 is 0 Å². The van der Waals surface area contributed by atoms with E-state index in [9.17, 15) is 29.4 Å². The lowest BCUT2D eigenvalue weighted by Crippen LogP contribution is -2.40. The summed E-state index contributed by atoms with van der Waals surface area (Å²) < 4.78 is 0. The van der Waals surface area contributed by atoms with Crippen LogP contribution in [0.15, 0.2) is 24.3 Å². The van der Waals surface area contributed by atoms with Gasteiger partial charge in [-0.3, -0.25) is 19.2 Å². The highest BCUT2D eigenvalue weighted by Gasteiger charge is 2.44. The second-order valence-corrected chi connectivity index (χ2v) is 5.47. The maximum absolute atomic E-state index is 11.3. The SMILES string of the molecule is CCC(Cc1ccc(CC(C(=O)O)C(=O)O)cc1)(C(=O)O)C(=O)O. The van der Waals surface area contributed by atoms with Crippen molar-refractivity contribution < 1.29 is 39.6 Å². The zero-order valence-corrected chi connectivity index (χ0v) is 12.9. The third-order valence-electron chi connectivity index (χ3n) is 3.99. The predicted molar refractivity (Wildman–Crippen MR) is 80.6 cm³/mol. The minimum Gasteiger partial charge on any atom is -0.481 e. The summed E-state index contributed by atoms with van der Waals surface area (Å²) in [5, 5.41) is 36.2. The molecule has 1 aromatic carbocycles. The van der Waals surface area contributed by atoms with Crippen molar-refractivity contribution in [2.24, 2.45) is 11.3 Å². The van der Waals surface area contributed by atoms with E-state index in [4.69, 9.17) is 10.2 Å². The number of hydrogen-bond donors (Lipinski definition) is 4.